The molecule has 0 saturated heterocycles. The van der Waals surface area contributed by atoms with Crippen LogP contribution in [0.15, 0.2) is 24.3 Å². The molecule has 0 unspecified atom stereocenters. The van der Waals surface area contributed by atoms with Crippen LogP contribution in [0, 0.1) is 17.2 Å². The molecule has 0 spiro atoms. The van der Waals surface area contributed by atoms with Crippen molar-refractivity contribution in [3.05, 3.63) is 35.4 Å². The third kappa shape index (κ3) is 4.77. The number of nitrogens with one attached hydrogen (secondary N) is 1. The molecule has 3 N–H and O–H groups in total. The van der Waals surface area contributed by atoms with Crippen LogP contribution < -0.4 is 11.1 Å². The van der Waals surface area contributed by atoms with E-state index < -0.39 is 35.5 Å². The number of nitriles is 1. The van der Waals surface area contributed by atoms with E-state index in [1.807, 2.05) is 6.07 Å². The number of nitrogens with two attached hydrogens (primary N) is 1. The fraction of sp³-hybridized carbons (Fsp3) is 0.357. The second kappa shape index (κ2) is 6.93. The molecule has 1 aromatic carbocycles. The van der Waals surface area contributed by atoms with Crippen LogP contribution in [-0.4, -0.2) is 17.9 Å². The van der Waals surface area contributed by atoms with E-state index in [0.717, 1.165) is 24.3 Å². The topological polar surface area (TPSA) is 96.0 Å². The highest BCUT2D eigenvalue weighted by Gasteiger charge is 2.30. The van der Waals surface area contributed by atoms with Crippen LogP contribution in [0.3, 0.4) is 0 Å². The molecule has 0 aliphatic rings. The number of nitrogens with zero attached hydrogens (tertiary/aromatic N) is 1. The van der Waals surface area contributed by atoms with Gasteiger partial charge in [0.15, 0.2) is 0 Å². The van der Waals surface area contributed by atoms with Crippen molar-refractivity contribution in [3.8, 4) is 6.07 Å². The molecular formula is C14H14F3N3O2. The quantitative estimate of drug-likeness (QED) is 0.868. The number of hydrogen-bond acceptors (Lipinski definition) is 3. The van der Waals surface area contributed by atoms with E-state index in [9.17, 15) is 22.8 Å². The highest BCUT2D eigenvalue weighted by molar-refractivity contribution is 5.97. The number of carbonyl (C=O) groups is 2. The fourth-order valence-corrected chi connectivity index (χ4v) is 1.70. The molecule has 5 nitrogen and oxygen atoms in total. The van der Waals surface area contributed by atoms with Gasteiger partial charge in [0.25, 0.3) is 5.91 Å². The molecule has 1 aromatic rings. The second-order valence-electron chi connectivity index (χ2n) is 4.77. The van der Waals surface area contributed by atoms with Gasteiger partial charge in [-0.25, -0.2) is 0 Å². The first-order valence-electron chi connectivity index (χ1n) is 6.32. The maximum atomic E-state index is 12.4. The van der Waals surface area contributed by atoms with Crippen LogP contribution >= 0.6 is 0 Å². The number of hydrogen-bond donors (Lipinski definition) is 2. The summed E-state index contributed by atoms with van der Waals surface area (Å²) in [6.45, 7) is 1.56. The summed E-state index contributed by atoms with van der Waals surface area (Å²) in [6, 6.07) is 4.39. The van der Waals surface area contributed by atoms with Crippen LogP contribution in [0.2, 0.25) is 0 Å². The average molecular weight is 313 g/mol. The number of alkyl halides is 3. The summed E-state index contributed by atoms with van der Waals surface area (Å²) in [5, 5.41) is 11.0. The Morgan fingerprint density at radius 1 is 1.32 bits per heavy atom. The summed E-state index contributed by atoms with van der Waals surface area (Å²) in [7, 11) is 0. The van der Waals surface area contributed by atoms with Crippen molar-refractivity contribution < 1.29 is 22.8 Å². The third-order valence-corrected chi connectivity index (χ3v) is 2.93. The monoisotopic (exact) mass is 313 g/mol. The number of primary amides is 1. The first kappa shape index (κ1) is 17.5. The van der Waals surface area contributed by atoms with Crippen molar-refractivity contribution >= 4 is 11.8 Å². The zero-order valence-electron chi connectivity index (χ0n) is 11.6. The zero-order chi connectivity index (χ0) is 16.9. The molecule has 0 aromatic heterocycles. The molecule has 0 radical (unpaired) electrons. The van der Waals surface area contributed by atoms with Gasteiger partial charge in [0.05, 0.1) is 11.6 Å². The largest absolute Gasteiger partial charge is 0.416 e. The van der Waals surface area contributed by atoms with Gasteiger partial charge in [-0.2, -0.15) is 18.4 Å². The first-order chi connectivity index (χ1) is 10.1. The lowest BCUT2D eigenvalue weighted by Gasteiger charge is -2.16. The Kier molecular flexibility index (Phi) is 5.51. The molecule has 0 saturated carbocycles. The number of carbonyl (C=O) groups excluding carboxylic acids is 2. The average Bonchev–Trinajstić information content (AvgIpc) is 2.45. The molecule has 0 fully saturated rings. The van der Waals surface area contributed by atoms with Crippen LogP contribution in [0.4, 0.5) is 13.2 Å². The van der Waals surface area contributed by atoms with Crippen molar-refractivity contribution in [2.45, 2.75) is 25.6 Å². The summed E-state index contributed by atoms with van der Waals surface area (Å²) >= 11 is 0. The molecule has 22 heavy (non-hydrogen) atoms. The summed E-state index contributed by atoms with van der Waals surface area (Å²) in [5.41, 5.74) is 4.22. The van der Waals surface area contributed by atoms with Gasteiger partial charge in [-0.1, -0.05) is 0 Å². The smallest absolute Gasteiger partial charge is 0.368 e. The molecule has 8 heteroatoms. The Morgan fingerprint density at radius 3 is 2.27 bits per heavy atom. The maximum absolute atomic E-state index is 12.4. The van der Waals surface area contributed by atoms with E-state index >= 15 is 0 Å². The van der Waals surface area contributed by atoms with E-state index in [0.29, 0.717) is 0 Å². The van der Waals surface area contributed by atoms with E-state index in [-0.39, 0.29) is 12.0 Å². The van der Waals surface area contributed by atoms with Gasteiger partial charge in [-0.05, 0) is 37.6 Å². The Balaban J connectivity index is 2.82. The van der Waals surface area contributed by atoms with Gasteiger partial charge < -0.3 is 11.1 Å². The number of amides is 2. The Labute approximate surface area is 124 Å². The van der Waals surface area contributed by atoms with Crippen LogP contribution in [-0.2, 0) is 11.0 Å². The molecule has 1 rings (SSSR count). The molecule has 2 atom stereocenters. The molecule has 2 amide bonds. The van der Waals surface area contributed by atoms with E-state index in [2.05, 4.69) is 5.32 Å². The maximum Gasteiger partial charge on any atom is 0.416 e. The highest BCUT2D eigenvalue weighted by Crippen LogP contribution is 2.29. The van der Waals surface area contributed by atoms with Gasteiger partial charge in [0.2, 0.25) is 5.91 Å². The molecule has 0 aliphatic carbocycles. The lowest BCUT2D eigenvalue weighted by molar-refractivity contribution is -0.137. The van der Waals surface area contributed by atoms with E-state index in [1.165, 1.54) is 0 Å². The summed E-state index contributed by atoms with van der Waals surface area (Å²) in [4.78, 5) is 23.2. The van der Waals surface area contributed by atoms with Gasteiger partial charge >= 0.3 is 6.18 Å². The lowest BCUT2D eigenvalue weighted by atomic mass is 10.0. The van der Waals surface area contributed by atoms with Gasteiger partial charge in [0, 0.05) is 11.5 Å². The highest BCUT2D eigenvalue weighted by atomic mass is 19.4. The van der Waals surface area contributed by atoms with Gasteiger partial charge in [-0.3, -0.25) is 9.59 Å². The minimum Gasteiger partial charge on any atom is -0.368 e. The van der Waals surface area contributed by atoms with Crippen molar-refractivity contribution in [2.75, 3.05) is 0 Å². The third-order valence-electron chi connectivity index (χ3n) is 2.93. The summed E-state index contributed by atoms with van der Waals surface area (Å²) < 4.78 is 37.3. The van der Waals surface area contributed by atoms with E-state index in [4.69, 9.17) is 11.0 Å². The molecule has 118 valence electrons. The van der Waals surface area contributed by atoms with E-state index in [1.54, 1.807) is 6.92 Å². The second-order valence-corrected chi connectivity index (χ2v) is 4.77. The number of benzene rings is 1. The lowest BCUT2D eigenvalue weighted by Crippen LogP contribution is -2.45. The van der Waals surface area contributed by atoms with Crippen LogP contribution in [0.1, 0.15) is 29.3 Å². The van der Waals surface area contributed by atoms with Crippen molar-refractivity contribution in [1.82, 2.24) is 5.32 Å². The number of halogens is 3. The normalized spacial score (nSPS) is 13.8. The van der Waals surface area contributed by atoms with Crippen molar-refractivity contribution in [1.29, 1.82) is 5.26 Å². The first-order valence-corrected chi connectivity index (χ1v) is 6.32. The van der Waals surface area contributed by atoms with Gasteiger partial charge in [0.1, 0.15) is 6.04 Å². The summed E-state index contributed by atoms with van der Waals surface area (Å²) in [5.74, 6) is -2.06. The predicted octanol–water partition coefficient (Wildman–Crippen LogP) is 1.84. The standard InChI is InChI=1S/C14H14F3N3O2/c1-8(7-18)6-11(12(19)21)20-13(22)9-2-4-10(5-3-9)14(15,16)17/h2-5,8,11H,6H2,1H3,(H2,19,21)(H,20,22)/t8-,11+/m1/s1. The minimum absolute atomic E-state index is 0.0260. The Hall–Kier alpha value is -2.56. The van der Waals surface area contributed by atoms with Crippen LogP contribution in [0.25, 0.3) is 0 Å². The van der Waals surface area contributed by atoms with Crippen molar-refractivity contribution in [2.24, 2.45) is 11.7 Å². The predicted molar refractivity (Wildman–Crippen MR) is 71.3 cm³/mol. The Bertz CT molecular complexity index is 591. The van der Waals surface area contributed by atoms with Crippen molar-refractivity contribution in [3.63, 3.8) is 0 Å². The molecule has 0 aliphatic heterocycles. The minimum atomic E-state index is -4.49. The number of rotatable bonds is 5. The van der Waals surface area contributed by atoms with Gasteiger partial charge in [-0.15, -0.1) is 0 Å². The molecule has 0 heterocycles. The molecule has 0 bridgehead atoms. The Morgan fingerprint density at radius 2 is 1.86 bits per heavy atom. The molecular weight excluding hydrogens is 299 g/mol. The SMILES string of the molecule is C[C@@H](C#N)C[C@H](NC(=O)c1ccc(C(F)(F)F)cc1)C(N)=O. The zero-order valence-corrected chi connectivity index (χ0v) is 11.6. The van der Waals surface area contributed by atoms with Crippen LogP contribution in [0.5, 0.6) is 0 Å². The fourth-order valence-electron chi connectivity index (χ4n) is 1.70. The summed E-state index contributed by atoms with van der Waals surface area (Å²) in [6.07, 6.45) is -4.47.